The van der Waals surface area contributed by atoms with Crippen LogP contribution in [0.2, 0.25) is 0 Å². The fraction of sp³-hybridized carbons (Fsp3) is 0.722. The first-order valence-electron chi connectivity index (χ1n) is 36.6. The molecule has 1 fully saturated rings. The zero-order valence-corrected chi connectivity index (χ0v) is 64.5. The summed E-state index contributed by atoms with van der Waals surface area (Å²) in [6.07, 6.45) is 9.36. The molecule has 2 bridgehead atoms. The van der Waals surface area contributed by atoms with Crippen LogP contribution >= 0.6 is 0 Å². The van der Waals surface area contributed by atoms with Gasteiger partial charge in [-0.3, -0.25) is 19.2 Å². The third-order valence-electron chi connectivity index (χ3n) is 20.3. The molecule has 0 aromatic heterocycles. The molecule has 0 radical (unpaired) electrons. The molecule has 582 valence electrons. The van der Waals surface area contributed by atoms with Gasteiger partial charge in [0.1, 0.15) is 18.0 Å². The van der Waals surface area contributed by atoms with Crippen molar-refractivity contribution < 1.29 is 98.8 Å². The number of carboxylic acid groups (broad SMARTS) is 1. The number of carbonyl (C=O) groups excluding carboxylic acids is 5. The number of Topliss-reactive ketones (excluding diaryl/α,β-unsaturated/α-hetero) is 1. The Kier molecular flexibility index (Phi) is 40.9. The van der Waals surface area contributed by atoms with E-state index in [1.54, 1.807) is 79.9 Å². The van der Waals surface area contributed by atoms with Crippen molar-refractivity contribution in [3.8, 4) is 0 Å². The minimum atomic E-state index is -2.57. The molecule has 1 saturated heterocycles. The Labute approximate surface area is 608 Å². The Balaban J connectivity index is 2.53. The van der Waals surface area contributed by atoms with Gasteiger partial charge < -0.3 is 86.0 Å². The fourth-order valence-corrected chi connectivity index (χ4v) is 13.5. The molecule has 23 heteroatoms. The molecule has 0 aliphatic carbocycles. The number of aliphatic hydroxyl groups is 9. The number of ether oxygens (including phenoxy) is 4. The van der Waals surface area contributed by atoms with Crippen molar-refractivity contribution in [2.24, 2.45) is 64.6 Å². The first-order chi connectivity index (χ1) is 47.5. The van der Waals surface area contributed by atoms with E-state index in [9.17, 15) is 79.8 Å². The average Bonchev–Trinajstić information content (AvgIpc) is 1.06. The normalized spacial score (nSPS) is 31.6. The zero-order valence-electron chi connectivity index (χ0n) is 64.5. The molecule has 3 amide bonds. The smallest absolute Gasteiger partial charge is 0.335 e. The quantitative estimate of drug-likeness (QED) is 0.0225. The number of amides is 3. The molecule has 0 aromatic carbocycles. The number of hydrogen-bond donors (Lipinski definition) is 13. The number of fused-ring (bicyclic) bond motifs is 2. The van der Waals surface area contributed by atoms with Gasteiger partial charge in [0.25, 0.3) is 0 Å². The lowest BCUT2D eigenvalue weighted by Gasteiger charge is -2.38. The van der Waals surface area contributed by atoms with E-state index in [-0.39, 0.29) is 67.0 Å². The predicted molar refractivity (Wildman–Crippen MR) is 394 cm³/mol. The standard InChI is InChI=1S/C79H131N3O20/c1-43(2)37-58(80-65(88)35-36-79(17,18)75(94)55(15)68(89)44(3)4)71(92)50(10)41-51(11)73(100-20)47(7)32-34-60(85)54(14)76(95)82-66(56(16)83)74-53(13)59(84)33-31-46(6)69(90)48(8)40-49(9)70(91)52(12)61(86)42-57-38-45(5)39-63(101-57)62(99-19)29-27-25-23-21-22-24-26-28-30-64(87)81-67(78(98)102-74)72(93)77(96)97/h23-31,35-36,40-41,43-45,47-48,50,52-63,66-74,83-86,89-93H,21-22,32-34,37-39,42H2,1-20H3,(H,80,88)(H,81,87)(H,82,95)(H,96,97)/b25-23+,26-24+,29-27+,30-28+,36-35+,46-31+,49-40+,51-41+. The van der Waals surface area contributed by atoms with E-state index in [2.05, 4.69) is 22.9 Å². The zero-order chi connectivity index (χ0) is 77.8. The first kappa shape index (κ1) is 92.5. The second kappa shape index (κ2) is 45.1. The van der Waals surface area contributed by atoms with Gasteiger partial charge in [-0.25, -0.2) is 9.59 Å². The van der Waals surface area contributed by atoms with E-state index in [1.165, 1.54) is 46.1 Å². The van der Waals surface area contributed by atoms with Gasteiger partial charge in [0.15, 0.2) is 12.1 Å². The van der Waals surface area contributed by atoms with Crippen molar-refractivity contribution in [2.45, 2.75) is 286 Å². The number of carboxylic acids is 1. The van der Waals surface area contributed by atoms with E-state index < -0.39 is 156 Å². The van der Waals surface area contributed by atoms with Crippen LogP contribution in [0.5, 0.6) is 0 Å². The summed E-state index contributed by atoms with van der Waals surface area (Å²) in [6, 6.07) is -4.54. The van der Waals surface area contributed by atoms with Gasteiger partial charge >= 0.3 is 11.9 Å². The summed E-state index contributed by atoms with van der Waals surface area (Å²) >= 11 is 0. The Hall–Kier alpha value is -5.54. The third-order valence-corrected chi connectivity index (χ3v) is 20.3. The maximum Gasteiger partial charge on any atom is 0.335 e. The minimum Gasteiger partial charge on any atom is -0.479 e. The first-order valence-corrected chi connectivity index (χ1v) is 36.6. The molecule has 2 aliphatic heterocycles. The SMILES string of the molecule is COC1/C=C/C=C/CC/C=C/C=C/C(=O)NC(C(O)C(=O)O)C(=O)OC(C(NC(=O)C(C)C(O)CCC(C)C(OC)/C(C)=C/C(C)C(O)C(CC(C)C)NC(=O)/C=C/C(C)(C)C(=O)C(C)C(O)C(C)C)C(C)O)C(C)C(O)C/C=C(\C)C(O)C(C)/C=C(\C)C(O)C(C)C(O)CC2CC(C)CC1O2. The molecule has 23 nitrogen and oxygen atoms in total. The van der Waals surface area contributed by atoms with E-state index in [4.69, 9.17) is 18.9 Å². The van der Waals surface area contributed by atoms with Crippen LogP contribution in [0, 0.1) is 64.6 Å². The molecule has 2 heterocycles. The summed E-state index contributed by atoms with van der Waals surface area (Å²) in [6.45, 7) is 31.3. The lowest BCUT2D eigenvalue weighted by atomic mass is 9.77. The molecule has 25 unspecified atom stereocenters. The molecule has 25 atom stereocenters. The Morgan fingerprint density at radius 1 is 0.765 bits per heavy atom. The number of aliphatic carboxylic acids is 1. The van der Waals surface area contributed by atoms with Crippen LogP contribution in [0.4, 0.5) is 0 Å². The Bertz CT molecular complexity index is 2860. The van der Waals surface area contributed by atoms with E-state index in [1.807, 2.05) is 78.8 Å². The highest BCUT2D eigenvalue weighted by Crippen LogP contribution is 2.34. The van der Waals surface area contributed by atoms with Crippen LogP contribution in [0.25, 0.3) is 0 Å². The molecule has 0 spiro atoms. The number of nitrogens with one attached hydrogen (secondary N) is 3. The van der Waals surface area contributed by atoms with Gasteiger partial charge in [0, 0.05) is 55.3 Å². The van der Waals surface area contributed by atoms with Crippen LogP contribution < -0.4 is 16.0 Å². The average molecular weight is 1440 g/mol. The van der Waals surface area contributed by atoms with E-state index in [0.29, 0.717) is 43.3 Å². The van der Waals surface area contributed by atoms with Crippen LogP contribution in [-0.2, 0) is 47.7 Å². The number of methoxy groups -OCH3 is 2. The van der Waals surface area contributed by atoms with Crippen molar-refractivity contribution >= 4 is 35.4 Å². The van der Waals surface area contributed by atoms with Crippen LogP contribution in [0.15, 0.2) is 95.7 Å². The highest BCUT2D eigenvalue weighted by molar-refractivity contribution is 5.94. The minimum absolute atomic E-state index is 0.0533. The van der Waals surface area contributed by atoms with Gasteiger partial charge in [0.2, 0.25) is 17.7 Å². The van der Waals surface area contributed by atoms with Gasteiger partial charge in [-0.1, -0.05) is 150 Å². The molecule has 2 rings (SSSR count). The van der Waals surface area contributed by atoms with Crippen molar-refractivity contribution in [1.82, 2.24) is 16.0 Å². The predicted octanol–water partition coefficient (Wildman–Crippen LogP) is 7.64. The van der Waals surface area contributed by atoms with Gasteiger partial charge in [-0.15, -0.1) is 0 Å². The summed E-state index contributed by atoms with van der Waals surface area (Å²) < 4.78 is 24.2. The van der Waals surface area contributed by atoms with Crippen LogP contribution in [-0.4, -0.2) is 204 Å². The van der Waals surface area contributed by atoms with Crippen molar-refractivity contribution in [2.75, 3.05) is 14.2 Å². The second-order valence-corrected chi connectivity index (χ2v) is 30.6. The molecule has 0 saturated carbocycles. The van der Waals surface area contributed by atoms with E-state index >= 15 is 0 Å². The molecule has 102 heavy (non-hydrogen) atoms. The molecular formula is C79H131N3O20. The molecule has 13 N–H and O–H groups in total. The maximum absolute atomic E-state index is 14.4. The number of hydrogen-bond acceptors (Lipinski definition) is 19. The summed E-state index contributed by atoms with van der Waals surface area (Å²) in [7, 11) is 3.13. The van der Waals surface area contributed by atoms with Gasteiger partial charge in [-0.05, 0) is 146 Å². The highest BCUT2D eigenvalue weighted by Gasteiger charge is 2.44. The third kappa shape index (κ3) is 30.1. The number of allylic oxidation sites excluding steroid dienone is 7. The monoisotopic (exact) mass is 1440 g/mol. The molecule has 0 aromatic rings. The molecular weight excluding hydrogens is 1310 g/mol. The van der Waals surface area contributed by atoms with Gasteiger partial charge in [0.05, 0.1) is 85.1 Å². The largest absolute Gasteiger partial charge is 0.479 e. The second-order valence-electron chi connectivity index (χ2n) is 30.6. The number of rotatable bonds is 26. The number of aliphatic hydroxyl groups excluding tert-OH is 9. The summed E-state index contributed by atoms with van der Waals surface area (Å²) in [4.78, 5) is 81.1. The maximum atomic E-state index is 14.4. The summed E-state index contributed by atoms with van der Waals surface area (Å²) in [5.41, 5.74) is 0.583. The van der Waals surface area contributed by atoms with Crippen LogP contribution in [0.3, 0.4) is 0 Å². The lowest BCUT2D eigenvalue weighted by molar-refractivity contribution is -0.170. The highest BCUT2D eigenvalue weighted by atomic mass is 16.6. The number of ketones is 1. The van der Waals surface area contributed by atoms with Crippen molar-refractivity contribution in [3.05, 3.63) is 95.7 Å². The summed E-state index contributed by atoms with van der Waals surface area (Å²) in [5.74, 6) is -10.8. The van der Waals surface area contributed by atoms with Crippen molar-refractivity contribution in [3.63, 3.8) is 0 Å². The lowest BCUT2D eigenvalue weighted by Crippen LogP contribution is -2.59. The number of cyclic esters (lactones) is 1. The van der Waals surface area contributed by atoms with Gasteiger partial charge in [-0.2, -0.15) is 0 Å². The van der Waals surface area contributed by atoms with E-state index in [0.717, 1.165) is 18.1 Å². The van der Waals surface area contributed by atoms with Crippen LogP contribution in [0.1, 0.15) is 182 Å². The Morgan fingerprint density at radius 3 is 1.95 bits per heavy atom. The summed E-state index contributed by atoms with van der Waals surface area (Å²) in [5, 5.41) is 121. The molecule has 2 aliphatic rings. The fourth-order valence-electron chi connectivity index (χ4n) is 13.5. The number of carbonyl (C=O) groups is 6. The van der Waals surface area contributed by atoms with Crippen molar-refractivity contribution in [1.29, 1.82) is 0 Å². The number of esters is 1. The Morgan fingerprint density at radius 2 is 1.38 bits per heavy atom. The topological polar surface area (TPSA) is 378 Å².